The number of ketones is 2. The quantitative estimate of drug-likeness (QED) is 0.634. The second kappa shape index (κ2) is 8.05. The van der Waals surface area contributed by atoms with Crippen LogP contribution in [0.4, 0.5) is 8.78 Å². The first-order valence-electron chi connectivity index (χ1n) is 10.8. The van der Waals surface area contributed by atoms with Crippen LogP contribution in [0.2, 0.25) is 5.02 Å². The lowest BCUT2D eigenvalue weighted by molar-refractivity contribution is -0.131. The summed E-state index contributed by atoms with van der Waals surface area (Å²) in [4.78, 5) is 40.5. The lowest BCUT2D eigenvalue weighted by Gasteiger charge is -2.41. The summed E-state index contributed by atoms with van der Waals surface area (Å²) in [6.07, 6.45) is -0.0526. The van der Waals surface area contributed by atoms with Crippen LogP contribution in [0.1, 0.15) is 41.6 Å². The number of ether oxygens (including phenoxy) is 3. The molecule has 0 fully saturated rings. The average molecular weight is 504 g/mol. The van der Waals surface area contributed by atoms with E-state index in [1.165, 1.54) is 26.4 Å². The third kappa shape index (κ3) is 3.17. The topological polar surface area (TPSA) is 90.9 Å². The number of hydrogen-bond donors (Lipinski definition) is 1. The first-order valence-corrected chi connectivity index (χ1v) is 11.2. The smallest absolute Gasteiger partial charge is 0.236 e. The van der Waals surface area contributed by atoms with Crippen LogP contribution in [0, 0.1) is 17.6 Å². The van der Waals surface area contributed by atoms with Gasteiger partial charge in [0.1, 0.15) is 22.1 Å². The van der Waals surface area contributed by atoms with Crippen molar-refractivity contribution in [2.45, 2.75) is 31.3 Å². The first-order chi connectivity index (χ1) is 16.6. The number of amides is 1. The van der Waals surface area contributed by atoms with Gasteiger partial charge in [-0.25, -0.2) is 8.78 Å². The van der Waals surface area contributed by atoms with Gasteiger partial charge in [0.25, 0.3) is 0 Å². The first kappa shape index (κ1) is 23.3. The van der Waals surface area contributed by atoms with Gasteiger partial charge >= 0.3 is 0 Å². The van der Waals surface area contributed by atoms with E-state index in [0.717, 1.165) is 12.1 Å². The molecule has 1 amide bonds. The van der Waals surface area contributed by atoms with Gasteiger partial charge in [-0.1, -0.05) is 24.6 Å². The normalized spacial score (nSPS) is 25.3. The van der Waals surface area contributed by atoms with Gasteiger partial charge in [-0.3, -0.25) is 14.4 Å². The maximum Gasteiger partial charge on any atom is 0.236 e. The second-order valence-corrected chi connectivity index (χ2v) is 9.15. The summed E-state index contributed by atoms with van der Waals surface area (Å²) < 4.78 is 44.4. The van der Waals surface area contributed by atoms with Crippen LogP contribution in [0.15, 0.2) is 35.5 Å². The molecular formula is C25H20ClF2NO6. The largest absolute Gasteiger partial charge is 0.496 e. The van der Waals surface area contributed by atoms with E-state index in [0.29, 0.717) is 5.70 Å². The van der Waals surface area contributed by atoms with Crippen molar-refractivity contribution in [2.24, 2.45) is 5.92 Å². The Balaban J connectivity index is 1.67. The monoisotopic (exact) mass is 503 g/mol. The van der Waals surface area contributed by atoms with E-state index >= 15 is 0 Å². The Morgan fingerprint density at radius 2 is 1.74 bits per heavy atom. The predicted octanol–water partition coefficient (Wildman–Crippen LogP) is 4.12. The third-order valence-electron chi connectivity index (χ3n) is 6.90. The fraction of sp³-hybridized carbons (Fsp3) is 0.320. The molecule has 1 aliphatic carbocycles. The Bertz CT molecular complexity index is 1360. The van der Waals surface area contributed by atoms with Gasteiger partial charge in [0.2, 0.25) is 23.1 Å². The Hall–Kier alpha value is -3.46. The molecule has 0 saturated heterocycles. The van der Waals surface area contributed by atoms with Crippen molar-refractivity contribution >= 4 is 29.1 Å². The van der Waals surface area contributed by atoms with Crippen LogP contribution in [-0.4, -0.2) is 37.3 Å². The van der Waals surface area contributed by atoms with Crippen LogP contribution >= 0.6 is 11.6 Å². The molecule has 182 valence electrons. The van der Waals surface area contributed by atoms with Crippen molar-refractivity contribution in [1.82, 2.24) is 5.32 Å². The number of methoxy groups -OCH3 is 2. The number of nitrogens with one attached hydrogen (secondary N) is 1. The van der Waals surface area contributed by atoms with Gasteiger partial charge in [0.05, 0.1) is 14.2 Å². The second-order valence-electron chi connectivity index (χ2n) is 8.77. The molecule has 10 heteroatoms. The molecule has 1 N–H and O–H groups in total. The van der Waals surface area contributed by atoms with Gasteiger partial charge in [0.15, 0.2) is 17.4 Å². The number of Topliss-reactive ketones (excluding diaryl/α,β-unsaturated/α-hetero) is 2. The molecule has 2 aromatic carbocycles. The zero-order chi connectivity index (χ0) is 25.2. The SMILES string of the molecule is COc1cc(OC)c2c(c1Cl)O[C@@]1(C(=O)C3=C(C[C@H]1C)NC(=O)CC3c1ccc(F)c(F)c1)C2=O. The van der Waals surface area contributed by atoms with E-state index in [1.807, 2.05) is 0 Å². The third-order valence-corrected chi connectivity index (χ3v) is 7.26. The molecule has 0 radical (unpaired) electrons. The maximum absolute atomic E-state index is 14.1. The maximum atomic E-state index is 14.1. The Morgan fingerprint density at radius 1 is 1.03 bits per heavy atom. The number of rotatable bonds is 3. The van der Waals surface area contributed by atoms with Crippen LogP contribution < -0.4 is 19.5 Å². The zero-order valence-corrected chi connectivity index (χ0v) is 19.7. The molecule has 1 unspecified atom stereocenters. The Kier molecular flexibility index (Phi) is 5.36. The summed E-state index contributed by atoms with van der Waals surface area (Å²) in [5.41, 5.74) is -1.25. The Labute approximate surface area is 204 Å². The molecule has 5 rings (SSSR count). The number of benzene rings is 2. The van der Waals surface area contributed by atoms with Crippen molar-refractivity contribution < 1.29 is 37.4 Å². The van der Waals surface area contributed by atoms with Crippen molar-refractivity contribution in [3.63, 3.8) is 0 Å². The highest BCUT2D eigenvalue weighted by Crippen LogP contribution is 2.55. The summed E-state index contributed by atoms with van der Waals surface area (Å²) in [6.45, 7) is 1.66. The number of carbonyl (C=O) groups is 3. The number of fused-ring (bicyclic) bond motifs is 1. The summed E-state index contributed by atoms with van der Waals surface area (Å²) in [5.74, 6) is -5.09. The molecule has 7 nitrogen and oxygen atoms in total. The number of hydrogen-bond acceptors (Lipinski definition) is 6. The highest BCUT2D eigenvalue weighted by Gasteiger charge is 2.63. The van der Waals surface area contributed by atoms with Crippen LogP contribution in [0.25, 0.3) is 0 Å². The van der Waals surface area contributed by atoms with Gasteiger partial charge in [-0.2, -0.15) is 0 Å². The summed E-state index contributed by atoms with van der Waals surface area (Å²) in [6, 6.07) is 4.65. The molecule has 35 heavy (non-hydrogen) atoms. The van der Waals surface area contributed by atoms with Crippen molar-refractivity contribution in [3.8, 4) is 17.2 Å². The molecule has 3 aliphatic rings. The van der Waals surface area contributed by atoms with Gasteiger partial charge < -0.3 is 19.5 Å². The molecular weight excluding hydrogens is 484 g/mol. The highest BCUT2D eigenvalue weighted by atomic mass is 35.5. The molecule has 2 aliphatic heterocycles. The summed E-state index contributed by atoms with van der Waals surface area (Å²) in [5, 5.41) is 2.73. The highest BCUT2D eigenvalue weighted by molar-refractivity contribution is 6.36. The standard InChI is InChI=1S/C25H20ClF2NO6/c1-10-6-15-19(12(8-18(30)29-15)11-4-5-13(27)14(28)7-11)23(31)25(10)24(32)20-16(33-2)9-17(34-3)21(26)22(20)35-25/h4-5,7,9-10,12H,6,8H2,1-3H3,(H,29,30)/t10-,12?,25+/m1/s1. The summed E-state index contributed by atoms with van der Waals surface area (Å²) in [7, 11) is 2.76. The molecule has 1 spiro atoms. The Morgan fingerprint density at radius 3 is 2.40 bits per heavy atom. The van der Waals surface area contributed by atoms with E-state index in [-0.39, 0.29) is 57.7 Å². The van der Waals surface area contributed by atoms with Crippen LogP contribution in [0.3, 0.4) is 0 Å². The molecule has 0 saturated carbocycles. The van der Waals surface area contributed by atoms with Crippen molar-refractivity contribution in [2.75, 3.05) is 14.2 Å². The van der Waals surface area contributed by atoms with Gasteiger partial charge in [-0.15, -0.1) is 0 Å². The molecule has 2 aromatic rings. The van der Waals surface area contributed by atoms with E-state index in [2.05, 4.69) is 5.32 Å². The lowest BCUT2D eigenvalue weighted by atomic mass is 9.66. The fourth-order valence-electron chi connectivity index (χ4n) is 5.20. The molecule has 3 atom stereocenters. The van der Waals surface area contributed by atoms with Gasteiger partial charge in [0, 0.05) is 35.6 Å². The minimum absolute atomic E-state index is 0.0161. The van der Waals surface area contributed by atoms with E-state index in [1.54, 1.807) is 6.92 Å². The van der Waals surface area contributed by atoms with Crippen LogP contribution in [0.5, 0.6) is 17.2 Å². The summed E-state index contributed by atoms with van der Waals surface area (Å²) >= 11 is 6.44. The number of carbonyl (C=O) groups excluding carboxylic acids is 3. The van der Waals surface area contributed by atoms with E-state index in [9.17, 15) is 23.2 Å². The minimum Gasteiger partial charge on any atom is -0.496 e. The zero-order valence-electron chi connectivity index (χ0n) is 19.0. The average Bonchev–Trinajstić information content (AvgIpc) is 3.14. The molecule has 0 bridgehead atoms. The predicted molar refractivity (Wildman–Crippen MR) is 120 cm³/mol. The number of halogens is 3. The molecule has 0 aromatic heterocycles. The van der Waals surface area contributed by atoms with Crippen molar-refractivity contribution in [1.29, 1.82) is 0 Å². The van der Waals surface area contributed by atoms with E-state index in [4.69, 9.17) is 25.8 Å². The number of allylic oxidation sites excluding steroid dienone is 1. The van der Waals surface area contributed by atoms with Gasteiger partial charge in [-0.05, 0) is 24.1 Å². The van der Waals surface area contributed by atoms with Crippen molar-refractivity contribution in [3.05, 3.63) is 63.3 Å². The minimum atomic E-state index is -1.97. The van der Waals surface area contributed by atoms with Crippen LogP contribution in [-0.2, 0) is 9.59 Å². The van der Waals surface area contributed by atoms with E-state index < -0.39 is 40.6 Å². The fourth-order valence-corrected chi connectivity index (χ4v) is 5.47. The lowest BCUT2D eigenvalue weighted by Crippen LogP contribution is -2.59. The molecule has 2 heterocycles.